The van der Waals surface area contributed by atoms with E-state index < -0.39 is 0 Å². The molecule has 0 aliphatic heterocycles. The maximum atomic E-state index is 2.59. The van der Waals surface area contributed by atoms with Gasteiger partial charge in [0.25, 0.3) is 0 Å². The molecule has 19 aromatic rings. The van der Waals surface area contributed by atoms with Gasteiger partial charge in [-0.25, -0.2) is 0 Å². The van der Waals surface area contributed by atoms with Gasteiger partial charge in [0.05, 0.1) is 44.5 Å². The summed E-state index contributed by atoms with van der Waals surface area (Å²) < 4.78 is 5.19. The van der Waals surface area contributed by atoms with Gasteiger partial charge in [0.1, 0.15) is 0 Å². The van der Waals surface area contributed by atoms with Crippen LogP contribution in [0.4, 0.5) is 56.9 Å². The minimum Gasteiger partial charge on any atom is -0.337 e. The first-order valence-corrected chi connectivity index (χ1v) is 35.8. The number of aromatic nitrogens is 2. The van der Waals surface area contributed by atoms with Crippen LogP contribution in [0.5, 0.6) is 0 Å². The molecule has 0 bridgehead atoms. The van der Waals surface area contributed by atoms with Crippen molar-refractivity contribution >= 4 is 112 Å². The summed E-state index contributed by atoms with van der Waals surface area (Å²) in [5.41, 5.74) is 29.5. The lowest BCUT2D eigenvalue weighted by Gasteiger charge is -2.28. The zero-order valence-corrected chi connectivity index (χ0v) is 57.2. The average Bonchev–Trinajstić information content (AvgIpc) is 1.51. The van der Waals surface area contributed by atoms with Gasteiger partial charge in [-0.2, -0.15) is 0 Å². The molecule has 6 nitrogen and oxygen atoms in total. The van der Waals surface area contributed by atoms with Gasteiger partial charge in [-0.3, -0.25) is 0 Å². The molecule has 16 aromatic carbocycles. The van der Waals surface area contributed by atoms with Crippen molar-refractivity contribution in [1.82, 2.24) is 8.80 Å². The Morgan fingerprint density at radius 1 is 0.192 bits per heavy atom. The predicted octanol–water partition coefficient (Wildman–Crippen LogP) is 26.5. The molecule has 19 rings (SSSR count). The normalized spacial score (nSPS) is 11.5. The van der Waals surface area contributed by atoms with Crippen molar-refractivity contribution in [3.63, 3.8) is 0 Å². The van der Waals surface area contributed by atoms with Crippen LogP contribution in [0.2, 0.25) is 0 Å². The molecule has 6 heteroatoms. The number of hydrogen-bond acceptors (Lipinski definition) is 4. The van der Waals surface area contributed by atoms with Crippen molar-refractivity contribution in [2.75, 3.05) is 19.6 Å². The standard InChI is InChI=1S/C98H70N6/c1-9-25-71(26-10-1)75-43-51-81(52-44-75)99(79-33-17-5-18-34-79)67-69-41-59-89-87(65-69)95-91(101(83-37-21-7-22-38-83)85-55-47-77(48-56-85)73-29-13-3-14-30-73)61-63-93-97(95)103(89)94-64-62-92(102(84-39-23-8-24-40-84)86-57-49-78(50-58-86)74-31-15-4-16-32-74)96-88-66-70(42-60-90(88)104(93)98(94)96)68-100(80-35-19-6-20-36-80)82-53-45-76(46-54-82)72-27-11-2-12-28-72/h1-66H,67-68H2. The molecular weight excluding hydrogens is 1260 g/mol. The van der Waals surface area contributed by atoms with E-state index in [9.17, 15) is 0 Å². The van der Waals surface area contributed by atoms with Gasteiger partial charge in [0, 0.05) is 80.1 Å². The number of para-hydroxylation sites is 4. The zero-order valence-electron chi connectivity index (χ0n) is 57.2. The summed E-state index contributed by atoms with van der Waals surface area (Å²) in [5, 5.41) is 4.66. The highest BCUT2D eigenvalue weighted by molar-refractivity contribution is 6.27. The number of benzene rings is 16. The molecule has 0 saturated carbocycles. The zero-order chi connectivity index (χ0) is 68.9. The number of fused-ring (bicyclic) bond motifs is 8. The Bertz CT molecular complexity index is 5830. The highest BCUT2D eigenvalue weighted by Crippen LogP contribution is 2.51. The molecule has 0 amide bonds. The Morgan fingerprint density at radius 2 is 0.423 bits per heavy atom. The molecule has 3 aromatic heterocycles. The van der Waals surface area contributed by atoms with Crippen molar-refractivity contribution in [2.24, 2.45) is 0 Å². The Kier molecular flexibility index (Phi) is 15.6. The van der Waals surface area contributed by atoms with E-state index in [1.54, 1.807) is 0 Å². The fraction of sp³-hybridized carbons (Fsp3) is 0.0204. The van der Waals surface area contributed by atoms with Gasteiger partial charge in [-0.1, -0.05) is 255 Å². The molecule has 0 spiro atoms. The molecular formula is C98H70N6. The summed E-state index contributed by atoms with van der Waals surface area (Å²) in [6, 6.07) is 147. The fourth-order valence-electron chi connectivity index (χ4n) is 15.8. The van der Waals surface area contributed by atoms with Crippen LogP contribution in [0, 0.1) is 0 Å². The van der Waals surface area contributed by atoms with Crippen molar-refractivity contribution in [3.8, 4) is 44.5 Å². The molecule has 0 saturated heterocycles. The van der Waals surface area contributed by atoms with Crippen LogP contribution in [0.15, 0.2) is 400 Å². The number of nitrogens with zero attached hydrogens (tertiary/aromatic N) is 6. The number of hydrogen-bond donors (Lipinski definition) is 0. The Balaban J connectivity index is 0.867. The van der Waals surface area contributed by atoms with Crippen molar-refractivity contribution in [2.45, 2.75) is 13.1 Å². The molecule has 492 valence electrons. The van der Waals surface area contributed by atoms with E-state index in [1.807, 2.05) is 0 Å². The highest BCUT2D eigenvalue weighted by atomic mass is 15.2. The van der Waals surface area contributed by atoms with Gasteiger partial charge in [0.15, 0.2) is 0 Å². The summed E-state index contributed by atoms with van der Waals surface area (Å²) in [5.74, 6) is 0. The molecule has 0 aliphatic carbocycles. The summed E-state index contributed by atoms with van der Waals surface area (Å²) in [4.78, 5) is 9.84. The highest BCUT2D eigenvalue weighted by Gasteiger charge is 2.30. The second-order valence-corrected chi connectivity index (χ2v) is 26.9. The van der Waals surface area contributed by atoms with E-state index in [-0.39, 0.29) is 0 Å². The first kappa shape index (κ1) is 61.4. The summed E-state index contributed by atoms with van der Waals surface area (Å²) in [7, 11) is 0. The minimum atomic E-state index is 0.629. The molecule has 104 heavy (non-hydrogen) atoms. The lowest BCUT2D eigenvalue weighted by atomic mass is 10.0. The number of anilines is 10. The first-order valence-electron chi connectivity index (χ1n) is 35.8. The monoisotopic (exact) mass is 1330 g/mol. The second kappa shape index (κ2) is 26.4. The quantitative estimate of drug-likeness (QED) is 0.0798. The van der Waals surface area contributed by atoms with E-state index in [2.05, 4.69) is 429 Å². The Morgan fingerprint density at radius 3 is 0.721 bits per heavy atom. The topological polar surface area (TPSA) is 21.8 Å². The molecule has 0 fully saturated rings. The average molecular weight is 1330 g/mol. The SMILES string of the molecule is c1ccc(-c2ccc(N(Cc3ccc4c(c3)c3c(N(c5ccccc5)c5ccc(-c6ccccc6)cc5)ccc5c3n4c3ccc(N(c4ccccc4)c4ccc(-c6ccccc6)cc4)c4c6cc(CN(c7ccccc7)c7ccc(-c8ccccc8)cc7)ccc6n5c43)c3ccccc3)cc2)cc1. The van der Waals surface area contributed by atoms with E-state index >= 15 is 0 Å². The smallest absolute Gasteiger partial charge is 0.0804 e. The van der Waals surface area contributed by atoms with E-state index in [1.165, 1.54) is 66.4 Å². The molecule has 0 N–H and O–H groups in total. The van der Waals surface area contributed by atoms with Crippen LogP contribution < -0.4 is 19.6 Å². The van der Waals surface area contributed by atoms with Gasteiger partial charge < -0.3 is 28.4 Å². The number of rotatable bonds is 18. The minimum absolute atomic E-state index is 0.629. The Labute approximate surface area is 605 Å². The van der Waals surface area contributed by atoms with Crippen LogP contribution in [0.3, 0.4) is 0 Å². The van der Waals surface area contributed by atoms with Crippen LogP contribution in [-0.4, -0.2) is 8.80 Å². The maximum Gasteiger partial charge on any atom is 0.0804 e. The van der Waals surface area contributed by atoms with E-state index in [0.717, 1.165) is 101 Å². The molecule has 0 unspecified atom stereocenters. The summed E-state index contributed by atoms with van der Waals surface area (Å²) in [6.07, 6.45) is 0. The maximum absolute atomic E-state index is 2.59. The molecule has 0 radical (unpaired) electrons. The lowest BCUT2D eigenvalue weighted by Crippen LogP contribution is -2.16. The Hall–Kier alpha value is -13.7. The fourth-order valence-corrected chi connectivity index (χ4v) is 15.8. The van der Waals surface area contributed by atoms with Crippen LogP contribution in [0.25, 0.3) is 99.2 Å². The van der Waals surface area contributed by atoms with Crippen LogP contribution in [-0.2, 0) is 13.1 Å². The van der Waals surface area contributed by atoms with Crippen molar-refractivity contribution in [1.29, 1.82) is 0 Å². The first-order chi connectivity index (χ1) is 51.6. The molecule has 3 heterocycles. The van der Waals surface area contributed by atoms with Gasteiger partial charge in [-0.05, 0) is 201 Å². The third-order valence-electron chi connectivity index (χ3n) is 20.7. The third-order valence-corrected chi connectivity index (χ3v) is 20.7. The van der Waals surface area contributed by atoms with E-state index in [0.29, 0.717) is 13.1 Å². The predicted molar refractivity (Wildman–Crippen MR) is 438 cm³/mol. The largest absolute Gasteiger partial charge is 0.337 e. The van der Waals surface area contributed by atoms with Crippen LogP contribution in [0.1, 0.15) is 11.1 Å². The van der Waals surface area contributed by atoms with Gasteiger partial charge in [0.2, 0.25) is 0 Å². The van der Waals surface area contributed by atoms with Crippen molar-refractivity contribution in [3.05, 3.63) is 412 Å². The van der Waals surface area contributed by atoms with E-state index in [4.69, 9.17) is 0 Å². The molecule has 0 atom stereocenters. The van der Waals surface area contributed by atoms with Gasteiger partial charge >= 0.3 is 0 Å². The van der Waals surface area contributed by atoms with Crippen molar-refractivity contribution < 1.29 is 0 Å². The summed E-state index contributed by atoms with van der Waals surface area (Å²) in [6.45, 7) is 1.26. The summed E-state index contributed by atoms with van der Waals surface area (Å²) >= 11 is 0. The molecule has 0 aliphatic rings. The lowest BCUT2D eigenvalue weighted by molar-refractivity contribution is 0.977. The van der Waals surface area contributed by atoms with Crippen LogP contribution >= 0.6 is 0 Å². The second-order valence-electron chi connectivity index (χ2n) is 26.9. The third kappa shape index (κ3) is 11.1. The van der Waals surface area contributed by atoms with Gasteiger partial charge in [-0.15, -0.1) is 0 Å².